The van der Waals surface area contributed by atoms with Gasteiger partial charge in [-0.05, 0) is 0 Å². The third kappa shape index (κ3) is 21.9. The van der Waals surface area contributed by atoms with Crippen LogP contribution >= 0.6 is 21.8 Å². The fraction of sp³-hybridized carbons (Fsp3) is 0. The van der Waals surface area contributed by atoms with Crippen LogP contribution in [-0.4, -0.2) is 0 Å². The number of hydrogen-bond acceptors (Lipinski definition) is 0. The van der Waals surface area contributed by atoms with Gasteiger partial charge in [-0.1, -0.05) is 0 Å². The first kappa shape index (κ1) is 10.3. The average Bonchev–Trinajstić information content (AvgIpc) is 0.811. The Balaban J connectivity index is 0. The molecule has 5 heteroatoms. The van der Waals surface area contributed by atoms with E-state index in [4.69, 9.17) is 0 Å². The Labute approximate surface area is 49.4 Å². The summed E-state index contributed by atoms with van der Waals surface area (Å²) in [6.45, 7) is 0. The normalized spacial score (nSPS) is 4.20. The van der Waals surface area contributed by atoms with Crippen LogP contribution in [0.3, 0.4) is 0 Å². The van der Waals surface area contributed by atoms with Crippen molar-refractivity contribution in [2.45, 2.75) is 0 Å². The Morgan fingerprint density at radius 2 is 1.00 bits per heavy atom. The Morgan fingerprint density at radius 1 is 1.00 bits per heavy atom. The molecule has 0 bridgehead atoms. The molecule has 5 heavy (non-hydrogen) atoms. The van der Waals surface area contributed by atoms with Crippen molar-refractivity contribution >= 4 is 21.8 Å². The van der Waals surface area contributed by atoms with Gasteiger partial charge in [-0.25, -0.2) is 0 Å². The van der Waals surface area contributed by atoms with Gasteiger partial charge in [0.25, 0.3) is 0 Å². The topological polar surface area (TPSA) is 0 Å². The van der Waals surface area contributed by atoms with E-state index in [9.17, 15) is 0 Å². The zero-order valence-corrected chi connectivity index (χ0v) is 6.94. The molecule has 0 aromatic rings. The van der Waals surface area contributed by atoms with Crippen molar-refractivity contribution in [1.82, 2.24) is 0 Å². The summed E-state index contributed by atoms with van der Waals surface area (Å²) in [7, 11) is 10.7. The van der Waals surface area contributed by atoms with Gasteiger partial charge in [0.1, 0.15) is 0 Å². The van der Waals surface area contributed by atoms with Gasteiger partial charge in [0.05, 0.1) is 0 Å². The first-order valence-corrected chi connectivity index (χ1v) is 5.87. The average molecular weight is 205 g/mol. The van der Waals surface area contributed by atoms with Gasteiger partial charge >= 0.3 is 32.3 Å². The standard InChI is InChI=1S/2Fe.3P. The summed E-state index contributed by atoms with van der Waals surface area (Å²) in [5, 5.41) is 0. The van der Waals surface area contributed by atoms with E-state index in [1.54, 1.807) is 0 Å². The molecule has 0 amide bonds. The van der Waals surface area contributed by atoms with E-state index < -0.39 is 10.5 Å². The van der Waals surface area contributed by atoms with Gasteiger partial charge in [-0.15, -0.1) is 0 Å². The predicted octanol–water partition coefficient (Wildman–Crippen LogP) is 2.58. The van der Waals surface area contributed by atoms with Crippen LogP contribution < -0.4 is 0 Å². The first-order chi connectivity index (χ1) is 1.73. The summed E-state index contributed by atoms with van der Waals surface area (Å²) in [5.41, 5.74) is 0. The quantitative estimate of drug-likeness (QED) is 0.420. The Kier molecular flexibility index (Phi) is 13.1. The Morgan fingerprint density at radius 3 is 1.00 bits per heavy atom. The second kappa shape index (κ2) is 6.33. The van der Waals surface area contributed by atoms with Crippen molar-refractivity contribution in [3.8, 4) is 0 Å². The summed E-state index contributed by atoms with van der Waals surface area (Å²) in [6.07, 6.45) is 0. The molecule has 0 aliphatic rings. The van der Waals surface area contributed by atoms with Gasteiger partial charge < -0.3 is 0 Å². The van der Waals surface area contributed by atoms with Crippen molar-refractivity contribution in [1.29, 1.82) is 0 Å². The molecule has 31 valence electrons. The Bertz CT molecular complexity index is 220. The van der Waals surface area contributed by atoms with Gasteiger partial charge in [-0.3, -0.25) is 0 Å². The first-order valence-electron chi connectivity index (χ1n) is 0.474. The van der Waals surface area contributed by atoms with Crippen LogP contribution in [0.15, 0.2) is 0 Å². The molecule has 0 heterocycles. The van der Waals surface area contributed by atoms with Crippen LogP contribution in [0.4, 0.5) is 0 Å². The summed E-state index contributed by atoms with van der Waals surface area (Å²) in [6, 6.07) is 0. The summed E-state index contributed by atoms with van der Waals surface area (Å²) >= 11 is 0. The van der Waals surface area contributed by atoms with E-state index >= 15 is 0 Å². The summed E-state index contributed by atoms with van der Waals surface area (Å²) in [5.74, 6) is 0. The van der Waals surface area contributed by atoms with Gasteiger partial charge in [0.2, 0.25) is 0 Å². The summed E-state index contributed by atoms with van der Waals surface area (Å²) in [4.78, 5) is 0. The van der Waals surface area contributed by atoms with Crippen molar-refractivity contribution in [2.24, 2.45) is 0 Å². The molecule has 0 aliphatic carbocycles. The molecule has 0 spiro atoms. The molecule has 0 rings (SSSR count). The number of rotatable bonds is 0. The van der Waals surface area contributed by atoms with Crippen molar-refractivity contribution < 1.29 is 27.6 Å². The minimum absolute atomic E-state index is 0. The molecule has 0 aliphatic heterocycles. The molecule has 0 radical (unpaired) electrons. The second-order valence-electron chi connectivity index (χ2n) is 0.212. The molecular formula is Fe2P3. The van der Waals surface area contributed by atoms with E-state index in [0.29, 0.717) is 0 Å². The zero-order valence-electron chi connectivity index (χ0n) is 2.05. The third-order valence-electron chi connectivity index (χ3n) is 0. The Hall–Kier alpha value is 2.33. The van der Waals surface area contributed by atoms with Crippen LogP contribution in [0.5, 0.6) is 0 Å². The molecular weight excluding hydrogens is 205 g/mol. The monoisotopic (exact) mass is 205 g/mol. The van der Waals surface area contributed by atoms with Gasteiger partial charge in [0, 0.05) is 17.1 Å². The van der Waals surface area contributed by atoms with Crippen LogP contribution in [0.1, 0.15) is 0 Å². The fourth-order valence-corrected chi connectivity index (χ4v) is 0. The van der Waals surface area contributed by atoms with Crippen LogP contribution in [0, 0.1) is 0 Å². The summed E-state index contributed by atoms with van der Waals surface area (Å²) < 4.78 is 0. The molecule has 0 aromatic carbocycles. The molecule has 0 saturated heterocycles. The maximum absolute atomic E-state index is 3.78. The molecule has 0 atom stereocenters. The second-order valence-corrected chi connectivity index (χ2v) is 7.87. The maximum atomic E-state index is 3.78. The van der Waals surface area contributed by atoms with Crippen LogP contribution in [0.25, 0.3) is 0 Å². The van der Waals surface area contributed by atoms with E-state index in [1.807, 2.05) is 0 Å². The van der Waals surface area contributed by atoms with Gasteiger partial charge in [-0.2, -0.15) is 0 Å². The van der Waals surface area contributed by atoms with Gasteiger partial charge in [0.15, 0.2) is 0 Å². The SMILES string of the molecule is [Fe].[P]#[Fe](#[P])#[P]. The molecule has 0 N–H and O–H groups in total. The zero-order chi connectivity index (χ0) is 3.58. The van der Waals surface area contributed by atoms with Crippen molar-refractivity contribution in [3.05, 3.63) is 0 Å². The molecule has 0 aromatic heterocycles. The fourth-order valence-electron chi connectivity index (χ4n) is 0. The van der Waals surface area contributed by atoms with E-state index in [1.165, 1.54) is 0 Å². The minimum atomic E-state index is -0.667. The molecule has 0 fully saturated rings. The molecule has 0 saturated carbocycles. The van der Waals surface area contributed by atoms with Crippen molar-refractivity contribution in [2.75, 3.05) is 0 Å². The third-order valence-corrected chi connectivity index (χ3v) is 0. The van der Waals surface area contributed by atoms with E-state index in [-0.39, 0.29) is 17.1 Å². The van der Waals surface area contributed by atoms with E-state index in [2.05, 4.69) is 21.8 Å². The predicted molar refractivity (Wildman–Crippen MR) is 20.8 cm³/mol. The molecule has 0 nitrogen and oxygen atoms in total. The molecule has 0 unspecified atom stereocenters. The van der Waals surface area contributed by atoms with Crippen molar-refractivity contribution in [3.63, 3.8) is 0 Å². The number of hydrogen-bond donors (Lipinski definition) is 0. The van der Waals surface area contributed by atoms with Crippen LogP contribution in [0.2, 0.25) is 0 Å². The van der Waals surface area contributed by atoms with Crippen LogP contribution in [-0.2, 0) is 27.6 Å². The van der Waals surface area contributed by atoms with E-state index in [0.717, 1.165) is 0 Å².